The van der Waals surface area contributed by atoms with E-state index in [1.54, 1.807) is 26.8 Å². The second kappa shape index (κ2) is 10.3. The van der Waals surface area contributed by atoms with E-state index in [4.69, 9.17) is 18.1 Å². The predicted molar refractivity (Wildman–Crippen MR) is 149 cm³/mol. The number of halogens is 1. The van der Waals surface area contributed by atoms with Gasteiger partial charge in [0.25, 0.3) is 0 Å². The van der Waals surface area contributed by atoms with E-state index >= 15 is 4.39 Å². The summed E-state index contributed by atoms with van der Waals surface area (Å²) >= 11 is 0. The van der Waals surface area contributed by atoms with Gasteiger partial charge in [0, 0.05) is 28.3 Å². The lowest BCUT2D eigenvalue weighted by Gasteiger charge is -2.41. The fourth-order valence-electron chi connectivity index (χ4n) is 4.17. The van der Waals surface area contributed by atoms with E-state index in [-0.39, 0.29) is 17.2 Å². The lowest BCUT2D eigenvalue weighted by molar-refractivity contribution is 0.0560. The molecule has 0 saturated heterocycles. The number of carbonyl (C=O) groups excluding carboxylic acids is 1. The van der Waals surface area contributed by atoms with Crippen LogP contribution in [0.25, 0.3) is 22.7 Å². The van der Waals surface area contributed by atoms with E-state index in [9.17, 15) is 9.00 Å². The zero-order valence-electron chi connectivity index (χ0n) is 26.2. The highest BCUT2D eigenvalue weighted by atomic mass is 32.2. The van der Waals surface area contributed by atoms with Crippen LogP contribution in [-0.2, 0) is 20.0 Å². The molecule has 2 atom stereocenters. The number of nitrogens with one attached hydrogen (secondary N) is 1. The van der Waals surface area contributed by atoms with E-state index in [0.29, 0.717) is 22.8 Å². The van der Waals surface area contributed by atoms with Crippen molar-refractivity contribution >= 4 is 21.7 Å². The number of hydrogen-bond acceptors (Lipinski definition) is 10. The second-order valence-electron chi connectivity index (χ2n) is 11.0. The van der Waals surface area contributed by atoms with Crippen LogP contribution in [0.1, 0.15) is 51.2 Å². The third kappa shape index (κ3) is 5.55. The normalized spacial score (nSPS) is 23.7. The fourth-order valence-corrected chi connectivity index (χ4v) is 6.20. The van der Waals surface area contributed by atoms with Crippen LogP contribution in [0.2, 0.25) is 0 Å². The lowest BCUT2D eigenvalue weighted by Crippen LogP contribution is -2.57. The molecular formula is C27H33FN6O5S. The Balaban J connectivity index is 1.83. The number of aromatic nitrogens is 3. The largest absolute Gasteiger partial charge is 0.480 e. The molecule has 11 nitrogen and oxygen atoms in total. The molecule has 1 aliphatic heterocycles. The maximum Gasteiger partial charge on any atom is 0.413 e. The van der Waals surface area contributed by atoms with Crippen molar-refractivity contribution in [1.29, 1.82) is 0 Å². The minimum Gasteiger partial charge on any atom is -0.480 e. The number of benzene rings is 1. The van der Waals surface area contributed by atoms with Crippen molar-refractivity contribution in [3.63, 3.8) is 0 Å². The van der Waals surface area contributed by atoms with E-state index < -0.39 is 50.3 Å². The highest BCUT2D eigenvalue weighted by Crippen LogP contribution is 2.40. The summed E-state index contributed by atoms with van der Waals surface area (Å²) in [4.78, 5) is 25.8. The monoisotopic (exact) mass is 575 g/mol. The number of amides is 1. The molecule has 4 rings (SSSR count). The highest BCUT2D eigenvalue weighted by molar-refractivity contribution is 7.95. The number of nitrogens with zero attached hydrogens (tertiary/aromatic N) is 5. The van der Waals surface area contributed by atoms with Gasteiger partial charge in [-0.15, -0.1) is 0 Å². The third-order valence-corrected chi connectivity index (χ3v) is 9.45. The number of rotatable bonds is 4. The topological polar surface area (TPSA) is 141 Å². The smallest absolute Gasteiger partial charge is 0.413 e. The minimum atomic E-state index is -3.72. The summed E-state index contributed by atoms with van der Waals surface area (Å²) in [7, 11) is -2.25. The van der Waals surface area contributed by atoms with Crippen LogP contribution in [0.4, 0.5) is 9.18 Å². The number of carbonyl (C=O) groups is 1. The highest BCUT2D eigenvalue weighted by Gasteiger charge is 2.49. The molecule has 2 aromatic heterocycles. The number of alkyl carbamates (subject to hydrolysis) is 1. The molecule has 3 aromatic rings. The van der Waals surface area contributed by atoms with Crippen molar-refractivity contribution in [3.8, 4) is 28.6 Å². The van der Waals surface area contributed by atoms with Crippen LogP contribution in [0.15, 0.2) is 50.5 Å². The Morgan fingerprint density at radius 2 is 1.95 bits per heavy atom. The van der Waals surface area contributed by atoms with Gasteiger partial charge >= 0.3 is 6.09 Å². The zero-order chi connectivity index (χ0) is 32.0. The number of amidine groups is 1. The SMILES string of the molecule is [2H]C([2H])([2H])N=[S@@]1(=O)C[C@@](C)(c2cc(-c3cc(-c4cnc(OC)cn4)no3)ccc2F)N=C(NC(=O)OC(C)(C)C)C1(C)C. The summed E-state index contributed by atoms with van der Waals surface area (Å²) in [5.41, 5.74) is -1.35. The van der Waals surface area contributed by atoms with Crippen LogP contribution in [0.3, 0.4) is 0 Å². The van der Waals surface area contributed by atoms with Gasteiger partial charge in [0.15, 0.2) is 5.76 Å². The average Bonchev–Trinajstić information content (AvgIpc) is 3.36. The van der Waals surface area contributed by atoms with Gasteiger partial charge < -0.3 is 14.0 Å². The average molecular weight is 576 g/mol. The summed E-state index contributed by atoms with van der Waals surface area (Å²) in [6.45, 7) is 6.47. The summed E-state index contributed by atoms with van der Waals surface area (Å²) in [5, 5.41) is 6.55. The molecule has 0 aliphatic carbocycles. The first-order chi connectivity index (χ1) is 19.8. The van der Waals surface area contributed by atoms with Crippen LogP contribution < -0.4 is 10.1 Å². The Hall–Kier alpha value is -3.87. The summed E-state index contributed by atoms with van der Waals surface area (Å²) in [6, 6.07) is 5.68. The molecule has 3 heterocycles. The first-order valence-electron chi connectivity index (χ1n) is 13.7. The summed E-state index contributed by atoms with van der Waals surface area (Å²) in [6.07, 6.45) is 1.98. The lowest BCUT2D eigenvalue weighted by atomic mass is 9.91. The Kier molecular flexibility index (Phi) is 6.45. The molecule has 13 heteroatoms. The van der Waals surface area contributed by atoms with Crippen molar-refractivity contribution in [2.75, 3.05) is 19.8 Å². The molecule has 0 radical (unpaired) electrons. The molecule has 214 valence electrons. The molecule has 0 bridgehead atoms. The number of ether oxygens (including phenoxy) is 2. The van der Waals surface area contributed by atoms with Crippen molar-refractivity contribution in [2.45, 2.75) is 57.4 Å². The van der Waals surface area contributed by atoms with Crippen molar-refractivity contribution in [2.24, 2.45) is 9.36 Å². The van der Waals surface area contributed by atoms with Gasteiger partial charge in [-0.3, -0.25) is 10.3 Å². The molecule has 40 heavy (non-hydrogen) atoms. The Morgan fingerprint density at radius 3 is 2.58 bits per heavy atom. The molecule has 0 spiro atoms. The Morgan fingerprint density at radius 1 is 1.20 bits per heavy atom. The zero-order valence-corrected chi connectivity index (χ0v) is 24.1. The maximum atomic E-state index is 15.6. The van der Waals surface area contributed by atoms with E-state index in [1.165, 1.54) is 58.5 Å². The van der Waals surface area contributed by atoms with Crippen LogP contribution >= 0.6 is 0 Å². The van der Waals surface area contributed by atoms with Gasteiger partial charge in [-0.25, -0.2) is 27.7 Å². The quantitative estimate of drug-likeness (QED) is 0.459. The molecule has 1 N–H and O–H groups in total. The molecule has 0 saturated carbocycles. The molecule has 0 fully saturated rings. The van der Waals surface area contributed by atoms with E-state index in [2.05, 4.69) is 29.8 Å². The van der Waals surface area contributed by atoms with E-state index in [0.717, 1.165) is 0 Å². The standard InChI is InChI=1S/C27H33FN6O5S/c1-25(2,3)38-24(35)32-23-26(4,5)40(36,29-7)15-27(6,33-23)17-11-16(9-10-18(17)28)21-12-19(34-39-21)20-13-31-22(37-8)14-30-20/h9-14H,15H2,1-8H3,(H,32,33,35)/t27-,40+/m0/s1/i7D3. The minimum absolute atomic E-state index is 0.0281. The number of hydrogen-bond donors (Lipinski definition) is 1. The molecule has 0 unspecified atom stereocenters. The van der Waals surface area contributed by atoms with Gasteiger partial charge in [-0.05, 0) is 59.7 Å². The maximum absolute atomic E-state index is 15.6. The van der Waals surface area contributed by atoms with Crippen LogP contribution in [0, 0.1) is 5.82 Å². The van der Waals surface area contributed by atoms with Gasteiger partial charge in [-0.2, -0.15) is 0 Å². The van der Waals surface area contributed by atoms with Gasteiger partial charge in [0.1, 0.15) is 38.9 Å². The van der Waals surface area contributed by atoms with Crippen molar-refractivity contribution < 1.29 is 31.5 Å². The fraction of sp³-hybridized carbons (Fsp3) is 0.444. The first-order valence-corrected chi connectivity index (χ1v) is 13.9. The second-order valence-corrected chi connectivity index (χ2v) is 13.7. The van der Waals surface area contributed by atoms with Gasteiger partial charge in [0.2, 0.25) is 5.88 Å². The van der Waals surface area contributed by atoms with Crippen LogP contribution in [-0.4, -0.2) is 61.4 Å². The Labute approximate surface area is 237 Å². The third-order valence-electron chi connectivity index (χ3n) is 6.41. The molecular weight excluding hydrogens is 539 g/mol. The Bertz CT molecular complexity index is 1690. The summed E-state index contributed by atoms with van der Waals surface area (Å²) in [5.74, 6) is -0.727. The molecule has 1 aromatic carbocycles. The van der Waals surface area contributed by atoms with Crippen molar-refractivity contribution in [1.82, 2.24) is 20.4 Å². The molecule has 1 aliphatic rings. The number of aliphatic imine (C=N–C) groups is 1. The van der Waals surface area contributed by atoms with Gasteiger partial charge in [0.05, 0.1) is 35.0 Å². The first kappa shape index (κ1) is 25.1. The van der Waals surface area contributed by atoms with E-state index in [1.807, 2.05) is 0 Å². The predicted octanol–water partition coefficient (Wildman–Crippen LogP) is 4.97. The van der Waals surface area contributed by atoms with Gasteiger partial charge in [-0.1, -0.05) is 5.16 Å². The number of methoxy groups -OCH3 is 1. The molecule has 1 amide bonds. The van der Waals surface area contributed by atoms with Crippen molar-refractivity contribution in [3.05, 3.63) is 48.0 Å². The summed E-state index contributed by atoms with van der Waals surface area (Å²) < 4.78 is 71.3. The van der Waals surface area contributed by atoms with Crippen LogP contribution in [0.5, 0.6) is 5.88 Å².